The fraction of sp³-hybridized carbons (Fsp3) is 0.333. The summed E-state index contributed by atoms with van der Waals surface area (Å²) in [5, 5.41) is 23.0. The van der Waals surface area contributed by atoms with E-state index < -0.39 is 6.03 Å². The van der Waals surface area contributed by atoms with Crippen LogP contribution in [-0.2, 0) is 13.6 Å². The molecule has 0 saturated heterocycles. The van der Waals surface area contributed by atoms with Crippen LogP contribution in [0, 0.1) is 11.3 Å². The summed E-state index contributed by atoms with van der Waals surface area (Å²) in [5.41, 5.74) is 1.17. The van der Waals surface area contributed by atoms with Crippen LogP contribution in [0.2, 0.25) is 0 Å². The Hall–Kier alpha value is -4.86. The number of aromatic nitrogens is 6. The Morgan fingerprint density at radius 3 is 2.73 bits per heavy atom. The average molecular weight is 502 g/mol. The Morgan fingerprint density at radius 1 is 1.19 bits per heavy atom. The quantitative estimate of drug-likeness (QED) is 0.374. The fourth-order valence-corrected chi connectivity index (χ4v) is 4.25. The van der Waals surface area contributed by atoms with Crippen molar-refractivity contribution in [3.05, 3.63) is 36.2 Å². The van der Waals surface area contributed by atoms with Gasteiger partial charge in [-0.05, 0) is 26.8 Å². The molecule has 0 spiro atoms. The zero-order chi connectivity index (χ0) is 26.3. The molecule has 0 fully saturated rings. The molecule has 190 valence electrons. The molecule has 0 saturated carbocycles. The Kier molecular flexibility index (Phi) is 5.79. The second kappa shape index (κ2) is 8.98. The molecule has 37 heavy (non-hydrogen) atoms. The van der Waals surface area contributed by atoms with Crippen molar-refractivity contribution in [1.29, 1.82) is 5.26 Å². The van der Waals surface area contributed by atoms with Crippen LogP contribution in [0.4, 0.5) is 28.2 Å². The van der Waals surface area contributed by atoms with E-state index in [1.807, 2.05) is 10.7 Å². The van der Waals surface area contributed by atoms with Crippen molar-refractivity contribution >= 4 is 40.6 Å². The summed E-state index contributed by atoms with van der Waals surface area (Å²) in [4.78, 5) is 27.0. The third kappa shape index (κ3) is 4.44. The first-order chi connectivity index (χ1) is 17.7. The largest absolute Gasteiger partial charge is 0.454 e. The number of anilines is 4. The molecular formula is C24H27N11O2. The number of pyridine rings is 2. The standard InChI is InChI=1S/C24H27N11O2/c1-24(2,3)34-8-9-35-19(34)11-18(32-35)29-22-31-21-20(33(22)5)15(12-25)16(13-28-21)37-14-6-7-27-17(10-14)30-23(36)26-4/h6-7,10-11,13H,8-9H2,1-5H3,(H2,26,27,30,36)(H,28,29,31,32). The number of hydrogen-bond acceptors (Lipinski definition) is 9. The number of amides is 2. The lowest BCUT2D eigenvalue weighted by Crippen LogP contribution is -2.40. The molecule has 5 heterocycles. The fourth-order valence-electron chi connectivity index (χ4n) is 4.25. The molecule has 13 heteroatoms. The van der Waals surface area contributed by atoms with E-state index >= 15 is 0 Å². The highest BCUT2D eigenvalue weighted by Gasteiger charge is 2.30. The first-order valence-electron chi connectivity index (χ1n) is 11.7. The molecule has 0 radical (unpaired) electrons. The Morgan fingerprint density at radius 2 is 2.00 bits per heavy atom. The van der Waals surface area contributed by atoms with E-state index in [4.69, 9.17) is 4.74 Å². The van der Waals surface area contributed by atoms with Crippen molar-refractivity contribution in [3.8, 4) is 17.6 Å². The molecule has 0 aliphatic carbocycles. The average Bonchev–Trinajstić information content (AvgIpc) is 3.52. The molecule has 0 unspecified atom stereocenters. The maximum Gasteiger partial charge on any atom is 0.320 e. The number of fused-ring (bicyclic) bond motifs is 2. The summed E-state index contributed by atoms with van der Waals surface area (Å²) in [7, 11) is 3.31. The number of aryl methyl sites for hydroxylation is 1. The molecule has 3 N–H and O–H groups in total. The van der Waals surface area contributed by atoms with Gasteiger partial charge in [0.05, 0.1) is 12.7 Å². The zero-order valence-corrected chi connectivity index (χ0v) is 21.2. The van der Waals surface area contributed by atoms with E-state index in [0.717, 1.165) is 18.9 Å². The number of nitrogens with zero attached hydrogens (tertiary/aromatic N) is 8. The SMILES string of the molecule is CNC(=O)Nc1cc(Oc2cnc3nc(Nc4cc5n(n4)CCN5C(C)(C)C)n(C)c3c2C#N)ccn1. The molecule has 0 atom stereocenters. The van der Waals surface area contributed by atoms with Gasteiger partial charge < -0.3 is 24.8 Å². The van der Waals surface area contributed by atoms with Gasteiger partial charge in [-0.15, -0.1) is 0 Å². The molecule has 13 nitrogen and oxygen atoms in total. The lowest BCUT2D eigenvalue weighted by Gasteiger charge is -2.32. The van der Waals surface area contributed by atoms with Gasteiger partial charge in [-0.3, -0.25) is 5.32 Å². The van der Waals surface area contributed by atoms with E-state index in [0.29, 0.717) is 34.5 Å². The van der Waals surface area contributed by atoms with E-state index in [1.165, 1.54) is 19.4 Å². The second-order valence-corrected chi connectivity index (χ2v) is 9.52. The normalized spacial score (nSPS) is 12.8. The number of nitrogens with one attached hydrogen (secondary N) is 3. The van der Waals surface area contributed by atoms with Crippen molar-refractivity contribution in [2.75, 3.05) is 29.1 Å². The van der Waals surface area contributed by atoms with Crippen LogP contribution < -0.4 is 25.6 Å². The summed E-state index contributed by atoms with van der Waals surface area (Å²) >= 11 is 0. The Labute approximate surface area is 213 Å². The minimum atomic E-state index is -0.408. The minimum absolute atomic E-state index is 0.0143. The van der Waals surface area contributed by atoms with Crippen molar-refractivity contribution in [1.82, 2.24) is 34.6 Å². The second-order valence-electron chi connectivity index (χ2n) is 9.52. The third-order valence-electron chi connectivity index (χ3n) is 6.02. The van der Waals surface area contributed by atoms with Crippen LogP contribution in [0.15, 0.2) is 30.6 Å². The number of nitriles is 1. The van der Waals surface area contributed by atoms with Crippen molar-refractivity contribution in [3.63, 3.8) is 0 Å². The van der Waals surface area contributed by atoms with Crippen LogP contribution in [0.5, 0.6) is 11.5 Å². The molecule has 4 aromatic heterocycles. The predicted molar refractivity (Wildman–Crippen MR) is 138 cm³/mol. The Bertz CT molecular complexity index is 1540. The van der Waals surface area contributed by atoms with E-state index in [-0.39, 0.29) is 16.9 Å². The van der Waals surface area contributed by atoms with Gasteiger partial charge in [0, 0.05) is 44.5 Å². The summed E-state index contributed by atoms with van der Waals surface area (Å²) in [6.45, 7) is 8.25. The zero-order valence-electron chi connectivity index (χ0n) is 21.2. The van der Waals surface area contributed by atoms with Gasteiger partial charge in [-0.2, -0.15) is 15.3 Å². The molecule has 1 aliphatic heterocycles. The van der Waals surface area contributed by atoms with Gasteiger partial charge in [0.2, 0.25) is 5.95 Å². The summed E-state index contributed by atoms with van der Waals surface area (Å²) in [6.07, 6.45) is 2.95. The number of rotatable bonds is 5. The highest BCUT2D eigenvalue weighted by Crippen LogP contribution is 2.34. The van der Waals surface area contributed by atoms with Crippen molar-refractivity contribution in [2.45, 2.75) is 32.9 Å². The number of imidazole rings is 1. The molecule has 1 aliphatic rings. The number of urea groups is 1. The van der Waals surface area contributed by atoms with Gasteiger partial charge in [-0.1, -0.05) is 0 Å². The maximum absolute atomic E-state index is 11.6. The van der Waals surface area contributed by atoms with Crippen LogP contribution in [-0.4, -0.2) is 54.5 Å². The van der Waals surface area contributed by atoms with Gasteiger partial charge in [0.25, 0.3) is 0 Å². The van der Waals surface area contributed by atoms with E-state index in [1.54, 1.807) is 23.7 Å². The van der Waals surface area contributed by atoms with Gasteiger partial charge in [0.1, 0.15) is 34.5 Å². The lowest BCUT2D eigenvalue weighted by molar-refractivity contribution is 0.254. The van der Waals surface area contributed by atoms with Crippen LogP contribution >= 0.6 is 0 Å². The molecule has 0 aromatic carbocycles. The summed E-state index contributed by atoms with van der Waals surface area (Å²) in [5.74, 6) is 3.14. The molecule has 0 bridgehead atoms. The lowest BCUT2D eigenvalue weighted by atomic mass is 10.1. The summed E-state index contributed by atoms with van der Waals surface area (Å²) < 4.78 is 9.68. The van der Waals surface area contributed by atoms with Crippen LogP contribution in [0.3, 0.4) is 0 Å². The Balaban J connectivity index is 1.44. The predicted octanol–water partition coefficient (Wildman–Crippen LogP) is 3.34. The van der Waals surface area contributed by atoms with Gasteiger partial charge in [-0.25, -0.2) is 19.4 Å². The first-order valence-corrected chi connectivity index (χ1v) is 11.7. The molecule has 2 amide bonds. The highest BCUT2D eigenvalue weighted by molar-refractivity contribution is 5.88. The first kappa shape index (κ1) is 23.9. The number of ether oxygens (including phenoxy) is 1. The van der Waals surface area contributed by atoms with Crippen LogP contribution in [0.25, 0.3) is 11.2 Å². The number of hydrogen-bond donors (Lipinski definition) is 3. The van der Waals surface area contributed by atoms with Crippen molar-refractivity contribution in [2.24, 2.45) is 7.05 Å². The molecular weight excluding hydrogens is 474 g/mol. The number of carbonyl (C=O) groups excluding carboxylic acids is 1. The topological polar surface area (TPSA) is 151 Å². The van der Waals surface area contributed by atoms with Crippen LogP contribution in [0.1, 0.15) is 26.3 Å². The number of carbonyl (C=O) groups is 1. The minimum Gasteiger partial charge on any atom is -0.454 e. The molecule has 5 rings (SSSR count). The van der Waals surface area contributed by atoms with Crippen molar-refractivity contribution < 1.29 is 9.53 Å². The summed E-state index contributed by atoms with van der Waals surface area (Å²) in [6, 6.07) is 6.97. The maximum atomic E-state index is 11.6. The smallest absolute Gasteiger partial charge is 0.320 e. The highest BCUT2D eigenvalue weighted by atomic mass is 16.5. The van der Waals surface area contributed by atoms with E-state index in [2.05, 4.69) is 67.7 Å². The third-order valence-corrected chi connectivity index (χ3v) is 6.02. The monoisotopic (exact) mass is 501 g/mol. The molecule has 4 aromatic rings. The van der Waals surface area contributed by atoms with Gasteiger partial charge in [0.15, 0.2) is 17.2 Å². The van der Waals surface area contributed by atoms with Gasteiger partial charge >= 0.3 is 6.03 Å². The van der Waals surface area contributed by atoms with E-state index in [9.17, 15) is 10.1 Å².